The van der Waals surface area contributed by atoms with Crippen LogP contribution < -0.4 is 5.32 Å². The first-order valence-corrected chi connectivity index (χ1v) is 6.59. The van der Waals surface area contributed by atoms with Crippen molar-refractivity contribution in [3.8, 4) is 0 Å². The number of hydrogen-bond acceptors (Lipinski definition) is 3. The Morgan fingerprint density at radius 1 is 1.53 bits per heavy atom. The minimum Gasteiger partial charge on any atom is -0.317 e. The summed E-state index contributed by atoms with van der Waals surface area (Å²) in [5.41, 5.74) is 1.31. The third-order valence-corrected chi connectivity index (χ3v) is 3.79. The van der Waals surface area contributed by atoms with Crippen molar-refractivity contribution in [1.82, 2.24) is 20.0 Å². The van der Waals surface area contributed by atoms with Crippen LogP contribution in [0.2, 0.25) is 0 Å². The molecule has 2 rings (SSSR count). The van der Waals surface area contributed by atoms with Crippen LogP contribution in [0.5, 0.6) is 0 Å². The van der Waals surface area contributed by atoms with E-state index >= 15 is 0 Å². The predicted molar refractivity (Wildman–Crippen MR) is 69.7 cm³/mol. The van der Waals surface area contributed by atoms with Gasteiger partial charge < -0.3 is 5.32 Å². The van der Waals surface area contributed by atoms with Crippen LogP contribution in [0.4, 0.5) is 0 Å². The topological polar surface area (TPSA) is 33.1 Å². The number of aromatic nitrogens is 2. The van der Waals surface area contributed by atoms with Crippen LogP contribution in [-0.4, -0.2) is 40.9 Å². The first kappa shape index (κ1) is 12.6. The largest absolute Gasteiger partial charge is 0.317 e. The molecule has 1 aliphatic rings. The molecule has 1 fully saturated rings. The lowest BCUT2D eigenvalue weighted by Gasteiger charge is -2.43. The molecule has 2 unspecified atom stereocenters. The average Bonchev–Trinajstić information content (AvgIpc) is 2.62. The molecule has 1 aromatic heterocycles. The Morgan fingerprint density at radius 2 is 2.35 bits per heavy atom. The van der Waals surface area contributed by atoms with Crippen LogP contribution in [0.1, 0.15) is 25.3 Å². The number of aryl methyl sites for hydroxylation is 1. The van der Waals surface area contributed by atoms with Gasteiger partial charge in [-0.1, -0.05) is 6.92 Å². The molecule has 0 bridgehead atoms. The van der Waals surface area contributed by atoms with Crippen LogP contribution in [0.15, 0.2) is 12.4 Å². The number of hydrogen-bond donors (Lipinski definition) is 1. The van der Waals surface area contributed by atoms with Gasteiger partial charge in [0, 0.05) is 31.4 Å². The monoisotopic (exact) mass is 236 g/mol. The third kappa shape index (κ3) is 3.07. The molecule has 4 nitrogen and oxygen atoms in total. The third-order valence-electron chi connectivity index (χ3n) is 3.79. The van der Waals surface area contributed by atoms with Crippen molar-refractivity contribution in [3.63, 3.8) is 0 Å². The minimum atomic E-state index is 0.745. The molecule has 0 saturated heterocycles. The van der Waals surface area contributed by atoms with Crippen molar-refractivity contribution in [2.75, 3.05) is 20.1 Å². The second-order valence-corrected chi connectivity index (χ2v) is 5.15. The predicted octanol–water partition coefficient (Wildman–Crippen LogP) is 1.24. The molecular formula is C13H24N4. The van der Waals surface area contributed by atoms with Crippen molar-refractivity contribution in [2.24, 2.45) is 13.0 Å². The molecule has 4 heteroatoms. The first-order valence-electron chi connectivity index (χ1n) is 6.59. The highest BCUT2D eigenvalue weighted by Crippen LogP contribution is 2.31. The van der Waals surface area contributed by atoms with Crippen LogP contribution in [0.25, 0.3) is 0 Å². The Labute approximate surface area is 104 Å². The summed E-state index contributed by atoms with van der Waals surface area (Å²) in [5.74, 6) is 0.830. The molecule has 1 heterocycles. The van der Waals surface area contributed by atoms with E-state index in [9.17, 15) is 0 Å². The smallest absolute Gasteiger partial charge is 0.0534 e. The highest BCUT2D eigenvalue weighted by Gasteiger charge is 2.33. The van der Waals surface area contributed by atoms with Gasteiger partial charge in [-0.2, -0.15) is 5.10 Å². The van der Waals surface area contributed by atoms with Crippen LogP contribution >= 0.6 is 0 Å². The fraction of sp³-hybridized carbons (Fsp3) is 0.769. The van der Waals surface area contributed by atoms with Crippen LogP contribution in [0, 0.1) is 5.92 Å². The van der Waals surface area contributed by atoms with Gasteiger partial charge >= 0.3 is 0 Å². The lowest BCUT2D eigenvalue weighted by Crippen LogP contribution is -2.48. The second kappa shape index (κ2) is 5.65. The number of nitrogens with zero attached hydrogens (tertiary/aromatic N) is 3. The highest BCUT2D eigenvalue weighted by atomic mass is 15.2. The van der Waals surface area contributed by atoms with Crippen LogP contribution in [-0.2, 0) is 13.6 Å². The molecule has 1 aromatic rings. The molecular weight excluding hydrogens is 212 g/mol. The van der Waals surface area contributed by atoms with E-state index in [0.717, 1.165) is 25.0 Å². The van der Waals surface area contributed by atoms with E-state index in [1.54, 1.807) is 0 Å². The lowest BCUT2D eigenvalue weighted by atomic mass is 9.78. The molecule has 1 saturated carbocycles. The van der Waals surface area contributed by atoms with Crippen molar-refractivity contribution >= 4 is 0 Å². The second-order valence-electron chi connectivity index (χ2n) is 5.15. The first-order chi connectivity index (χ1) is 8.20. The summed E-state index contributed by atoms with van der Waals surface area (Å²) in [6.45, 7) is 5.43. The van der Waals surface area contributed by atoms with E-state index in [1.165, 1.54) is 24.9 Å². The van der Waals surface area contributed by atoms with E-state index in [1.807, 2.05) is 17.9 Å². The normalized spacial score (nSPS) is 24.0. The average molecular weight is 236 g/mol. The molecule has 0 aromatic carbocycles. The maximum absolute atomic E-state index is 4.22. The van der Waals surface area contributed by atoms with Crippen molar-refractivity contribution < 1.29 is 0 Å². The Hall–Kier alpha value is -0.870. The fourth-order valence-electron chi connectivity index (χ4n) is 2.66. The molecule has 0 amide bonds. The maximum atomic E-state index is 4.22. The van der Waals surface area contributed by atoms with E-state index in [2.05, 4.69) is 35.5 Å². The molecule has 0 aliphatic heterocycles. The minimum absolute atomic E-state index is 0.745. The van der Waals surface area contributed by atoms with Gasteiger partial charge in [-0.15, -0.1) is 0 Å². The fourth-order valence-corrected chi connectivity index (χ4v) is 2.66. The Morgan fingerprint density at radius 3 is 2.88 bits per heavy atom. The van der Waals surface area contributed by atoms with E-state index < -0.39 is 0 Å². The maximum Gasteiger partial charge on any atom is 0.0534 e. The zero-order valence-corrected chi connectivity index (χ0v) is 11.2. The van der Waals surface area contributed by atoms with E-state index in [-0.39, 0.29) is 0 Å². The van der Waals surface area contributed by atoms with Gasteiger partial charge in [0.1, 0.15) is 0 Å². The van der Waals surface area contributed by atoms with E-state index in [0.29, 0.717) is 0 Å². The van der Waals surface area contributed by atoms with Gasteiger partial charge in [0.15, 0.2) is 0 Å². The summed E-state index contributed by atoms with van der Waals surface area (Å²) in [6, 6.07) is 0.745. The SMILES string of the molecule is CCNCC1CCC1N(C)Cc1cnn(C)c1. The Kier molecular flexibility index (Phi) is 4.18. The summed E-state index contributed by atoms with van der Waals surface area (Å²) in [6.07, 6.45) is 6.78. The number of rotatable bonds is 6. The highest BCUT2D eigenvalue weighted by molar-refractivity contribution is 5.04. The van der Waals surface area contributed by atoms with Gasteiger partial charge in [-0.3, -0.25) is 9.58 Å². The van der Waals surface area contributed by atoms with Crippen molar-refractivity contribution in [2.45, 2.75) is 32.4 Å². The quantitative estimate of drug-likeness (QED) is 0.807. The van der Waals surface area contributed by atoms with Gasteiger partial charge in [0.2, 0.25) is 0 Å². The lowest BCUT2D eigenvalue weighted by molar-refractivity contribution is 0.0784. The Bertz CT molecular complexity index is 347. The molecule has 1 aliphatic carbocycles. The zero-order valence-electron chi connectivity index (χ0n) is 11.2. The Balaban J connectivity index is 1.81. The molecule has 0 spiro atoms. The molecule has 1 N–H and O–H groups in total. The standard InChI is InChI=1S/C13H24N4/c1-4-14-8-12-5-6-13(12)16(2)9-11-7-15-17(3)10-11/h7,10,12-14H,4-6,8-9H2,1-3H3. The van der Waals surface area contributed by atoms with Gasteiger partial charge in [-0.05, 0) is 38.9 Å². The van der Waals surface area contributed by atoms with Crippen molar-refractivity contribution in [3.05, 3.63) is 18.0 Å². The summed E-state index contributed by atoms with van der Waals surface area (Å²) in [4.78, 5) is 2.47. The van der Waals surface area contributed by atoms with Gasteiger partial charge in [0.25, 0.3) is 0 Å². The van der Waals surface area contributed by atoms with Crippen LogP contribution in [0.3, 0.4) is 0 Å². The van der Waals surface area contributed by atoms with Crippen molar-refractivity contribution in [1.29, 1.82) is 0 Å². The molecule has 0 radical (unpaired) electrons. The summed E-state index contributed by atoms with van der Waals surface area (Å²) >= 11 is 0. The van der Waals surface area contributed by atoms with Gasteiger partial charge in [-0.25, -0.2) is 0 Å². The molecule has 17 heavy (non-hydrogen) atoms. The summed E-state index contributed by atoms with van der Waals surface area (Å²) in [5, 5.41) is 7.68. The zero-order chi connectivity index (χ0) is 12.3. The van der Waals surface area contributed by atoms with Gasteiger partial charge in [0.05, 0.1) is 6.20 Å². The molecule has 96 valence electrons. The molecule has 2 atom stereocenters. The number of nitrogens with one attached hydrogen (secondary N) is 1. The summed E-state index contributed by atoms with van der Waals surface area (Å²) < 4.78 is 1.88. The summed E-state index contributed by atoms with van der Waals surface area (Å²) in [7, 11) is 4.20. The van der Waals surface area contributed by atoms with E-state index in [4.69, 9.17) is 0 Å².